The van der Waals surface area contributed by atoms with Crippen LogP contribution >= 0.6 is 23.2 Å². The number of fused-ring (bicyclic) bond motifs is 4. The van der Waals surface area contributed by atoms with E-state index >= 15 is 0 Å². The van der Waals surface area contributed by atoms with Gasteiger partial charge in [-0.2, -0.15) is 0 Å². The molecule has 0 fully saturated rings. The van der Waals surface area contributed by atoms with Gasteiger partial charge in [0, 0.05) is 17.0 Å². The van der Waals surface area contributed by atoms with E-state index < -0.39 is 11.6 Å². The highest BCUT2D eigenvalue weighted by atomic mass is 35.5. The Morgan fingerprint density at radius 2 is 1.70 bits per heavy atom. The van der Waals surface area contributed by atoms with E-state index in [1.807, 2.05) is 30.3 Å². The maximum Gasteiger partial charge on any atom is 0.351 e. The van der Waals surface area contributed by atoms with Crippen molar-refractivity contribution in [2.24, 2.45) is 0 Å². The SMILES string of the molecule is O=C(Oc1c(Cl)cc(Cl)c2cccnc12)c1cc2c(ccc3ccccc32)oc1=O. The highest BCUT2D eigenvalue weighted by Crippen LogP contribution is 2.37. The molecule has 0 radical (unpaired) electrons. The molecule has 7 heteroatoms. The number of carbonyl (C=O) groups is 1. The van der Waals surface area contributed by atoms with Crippen LogP contribution in [-0.2, 0) is 0 Å². The smallest absolute Gasteiger partial charge is 0.351 e. The van der Waals surface area contributed by atoms with Crippen LogP contribution in [-0.4, -0.2) is 11.0 Å². The van der Waals surface area contributed by atoms with E-state index in [0.717, 1.165) is 10.8 Å². The van der Waals surface area contributed by atoms with Crippen LogP contribution in [0.2, 0.25) is 10.0 Å². The highest BCUT2D eigenvalue weighted by Gasteiger charge is 2.21. The molecule has 146 valence electrons. The monoisotopic (exact) mass is 435 g/mol. The number of aromatic nitrogens is 1. The van der Waals surface area contributed by atoms with E-state index in [0.29, 0.717) is 26.9 Å². The van der Waals surface area contributed by atoms with Crippen LogP contribution in [0.1, 0.15) is 10.4 Å². The third-order valence-electron chi connectivity index (χ3n) is 4.81. The molecular formula is C23H11Cl2NO4. The highest BCUT2D eigenvalue weighted by molar-refractivity contribution is 6.39. The molecule has 0 N–H and O–H groups in total. The molecule has 2 heterocycles. The van der Waals surface area contributed by atoms with Gasteiger partial charge in [-0.3, -0.25) is 4.98 Å². The van der Waals surface area contributed by atoms with Crippen LogP contribution in [0, 0.1) is 0 Å². The predicted molar refractivity (Wildman–Crippen MR) is 117 cm³/mol. The first-order valence-electron chi connectivity index (χ1n) is 8.93. The molecule has 30 heavy (non-hydrogen) atoms. The van der Waals surface area contributed by atoms with E-state index in [1.54, 1.807) is 18.2 Å². The number of ether oxygens (including phenoxy) is 1. The molecular weight excluding hydrogens is 425 g/mol. The number of hydrogen-bond donors (Lipinski definition) is 0. The van der Waals surface area contributed by atoms with Gasteiger partial charge in [-0.05, 0) is 41.1 Å². The first-order valence-corrected chi connectivity index (χ1v) is 9.69. The third-order valence-corrected chi connectivity index (χ3v) is 5.40. The predicted octanol–water partition coefficient (Wildman–Crippen LogP) is 6.02. The summed E-state index contributed by atoms with van der Waals surface area (Å²) in [7, 11) is 0. The number of carbonyl (C=O) groups excluding carboxylic acids is 1. The van der Waals surface area contributed by atoms with Gasteiger partial charge in [0.25, 0.3) is 0 Å². The summed E-state index contributed by atoms with van der Waals surface area (Å²) in [5.41, 5.74) is -0.343. The lowest BCUT2D eigenvalue weighted by atomic mass is 10.0. The molecule has 0 bridgehead atoms. The topological polar surface area (TPSA) is 69.4 Å². The van der Waals surface area contributed by atoms with Gasteiger partial charge >= 0.3 is 11.6 Å². The molecule has 0 saturated heterocycles. The van der Waals surface area contributed by atoms with Crippen molar-refractivity contribution in [2.75, 3.05) is 0 Å². The lowest BCUT2D eigenvalue weighted by Crippen LogP contribution is -2.19. The Labute approximate surface area is 179 Å². The van der Waals surface area contributed by atoms with E-state index in [2.05, 4.69) is 4.98 Å². The Kier molecular flexibility index (Phi) is 4.42. The number of benzene rings is 3. The molecule has 0 aliphatic rings. The summed E-state index contributed by atoms with van der Waals surface area (Å²) in [6.07, 6.45) is 1.53. The maximum atomic E-state index is 12.9. The van der Waals surface area contributed by atoms with Crippen molar-refractivity contribution in [3.8, 4) is 5.75 Å². The van der Waals surface area contributed by atoms with E-state index in [-0.39, 0.29) is 16.3 Å². The second kappa shape index (κ2) is 7.13. The zero-order chi connectivity index (χ0) is 20.8. The lowest BCUT2D eigenvalue weighted by Gasteiger charge is -2.10. The van der Waals surface area contributed by atoms with Gasteiger partial charge in [-0.25, -0.2) is 9.59 Å². The maximum absolute atomic E-state index is 12.9. The largest absolute Gasteiger partial charge is 0.422 e. The van der Waals surface area contributed by atoms with Gasteiger partial charge in [0.15, 0.2) is 5.75 Å². The van der Waals surface area contributed by atoms with Crippen molar-refractivity contribution in [1.29, 1.82) is 0 Å². The summed E-state index contributed by atoms with van der Waals surface area (Å²) in [6, 6.07) is 17.5. The number of rotatable bonds is 2. The normalized spacial score (nSPS) is 11.3. The first kappa shape index (κ1) is 18.6. The summed E-state index contributed by atoms with van der Waals surface area (Å²) >= 11 is 12.5. The fourth-order valence-corrected chi connectivity index (χ4v) is 3.96. The number of esters is 1. The summed E-state index contributed by atoms with van der Waals surface area (Å²) < 4.78 is 10.9. The molecule has 0 aliphatic carbocycles. The van der Waals surface area contributed by atoms with Crippen molar-refractivity contribution in [1.82, 2.24) is 4.98 Å². The average molecular weight is 436 g/mol. The molecule has 0 unspecified atom stereocenters. The Balaban J connectivity index is 1.66. The average Bonchev–Trinajstić information content (AvgIpc) is 2.76. The summed E-state index contributed by atoms with van der Waals surface area (Å²) in [5, 5.41) is 3.49. The Hall–Kier alpha value is -3.41. The number of halogens is 2. The number of nitrogens with zero attached hydrogens (tertiary/aromatic N) is 1. The van der Waals surface area contributed by atoms with Crippen LogP contribution in [0.3, 0.4) is 0 Å². The van der Waals surface area contributed by atoms with Gasteiger partial charge in [0.05, 0.1) is 10.0 Å². The Morgan fingerprint density at radius 1 is 0.900 bits per heavy atom. The van der Waals surface area contributed by atoms with E-state index in [9.17, 15) is 9.59 Å². The van der Waals surface area contributed by atoms with Crippen molar-refractivity contribution >= 4 is 61.8 Å². The van der Waals surface area contributed by atoms with Crippen LogP contribution in [0.15, 0.2) is 76.1 Å². The number of hydrogen-bond acceptors (Lipinski definition) is 5. The van der Waals surface area contributed by atoms with Crippen LogP contribution in [0.25, 0.3) is 32.6 Å². The Bertz CT molecular complexity index is 1540. The summed E-state index contributed by atoms with van der Waals surface area (Å²) in [5.74, 6) is -0.867. The zero-order valence-corrected chi connectivity index (χ0v) is 16.7. The van der Waals surface area contributed by atoms with Crippen molar-refractivity contribution in [2.45, 2.75) is 0 Å². The molecule has 3 aromatic carbocycles. The second-order valence-electron chi connectivity index (χ2n) is 6.60. The first-order chi connectivity index (χ1) is 14.5. The number of pyridine rings is 1. The molecule has 0 aliphatic heterocycles. The molecule has 0 atom stereocenters. The minimum atomic E-state index is -0.894. The van der Waals surface area contributed by atoms with Gasteiger partial charge in [0.1, 0.15) is 16.7 Å². The molecule has 0 saturated carbocycles. The molecule has 5 nitrogen and oxygen atoms in total. The summed E-state index contributed by atoms with van der Waals surface area (Å²) in [4.78, 5) is 29.6. The lowest BCUT2D eigenvalue weighted by molar-refractivity contribution is 0.0732. The fraction of sp³-hybridized carbons (Fsp3) is 0. The third kappa shape index (κ3) is 3.00. The standard InChI is InChI=1S/C23H11Cl2NO4/c24-17-11-18(25)21(20-14(17)6-3-9-26-20)30-23(28)16-10-15-13-5-2-1-4-12(13)7-8-19(15)29-22(16)27/h1-11H. The minimum absolute atomic E-state index is 0.0269. The molecule has 0 amide bonds. The minimum Gasteiger partial charge on any atom is -0.422 e. The van der Waals surface area contributed by atoms with Gasteiger partial charge in [-0.1, -0.05) is 53.5 Å². The van der Waals surface area contributed by atoms with Crippen molar-refractivity contribution in [3.63, 3.8) is 0 Å². The fourth-order valence-electron chi connectivity index (χ4n) is 3.41. The van der Waals surface area contributed by atoms with Crippen molar-refractivity contribution < 1.29 is 13.9 Å². The van der Waals surface area contributed by atoms with Gasteiger partial charge < -0.3 is 9.15 Å². The van der Waals surface area contributed by atoms with Gasteiger partial charge in [-0.15, -0.1) is 0 Å². The molecule has 5 aromatic rings. The van der Waals surface area contributed by atoms with E-state index in [1.165, 1.54) is 18.3 Å². The molecule has 2 aromatic heterocycles. The van der Waals surface area contributed by atoms with Crippen LogP contribution in [0.4, 0.5) is 0 Å². The second-order valence-corrected chi connectivity index (χ2v) is 7.42. The van der Waals surface area contributed by atoms with Gasteiger partial charge in [0.2, 0.25) is 0 Å². The quantitative estimate of drug-likeness (QED) is 0.147. The van der Waals surface area contributed by atoms with E-state index in [4.69, 9.17) is 32.4 Å². The Morgan fingerprint density at radius 3 is 2.57 bits per heavy atom. The molecule has 5 rings (SSSR count). The molecule has 0 spiro atoms. The van der Waals surface area contributed by atoms with Crippen LogP contribution < -0.4 is 10.4 Å². The van der Waals surface area contributed by atoms with Crippen molar-refractivity contribution in [3.05, 3.63) is 92.9 Å². The zero-order valence-electron chi connectivity index (χ0n) is 15.2. The summed E-state index contributed by atoms with van der Waals surface area (Å²) in [6.45, 7) is 0. The van der Waals surface area contributed by atoms with Crippen LogP contribution in [0.5, 0.6) is 5.75 Å².